The number of carbonyl (C=O) groups excluding carboxylic acids is 1. The summed E-state index contributed by atoms with van der Waals surface area (Å²) in [4.78, 5) is 14.4. The number of halogens is 2. The van der Waals surface area contributed by atoms with Crippen LogP contribution >= 0.6 is 35.0 Å². The predicted octanol–water partition coefficient (Wildman–Crippen LogP) is 3.54. The van der Waals surface area contributed by atoms with E-state index in [-0.39, 0.29) is 11.9 Å². The van der Waals surface area contributed by atoms with Crippen molar-refractivity contribution in [3.8, 4) is 0 Å². The lowest BCUT2D eigenvalue weighted by atomic mass is 10.1. The number of nitrogens with two attached hydrogens (primary N) is 1. The summed E-state index contributed by atoms with van der Waals surface area (Å²) in [5.74, 6) is 0.914. The quantitative estimate of drug-likeness (QED) is 0.805. The van der Waals surface area contributed by atoms with E-state index in [0.29, 0.717) is 26.5 Å². The van der Waals surface area contributed by atoms with Crippen molar-refractivity contribution in [2.24, 2.45) is 0 Å². The van der Waals surface area contributed by atoms with Crippen molar-refractivity contribution in [2.45, 2.75) is 25.1 Å². The molecule has 0 saturated carbocycles. The molecule has 2 rings (SSSR count). The average Bonchev–Trinajstić information content (AvgIpc) is 2.38. The Balaban J connectivity index is 2.29. The molecule has 0 spiro atoms. The molecule has 1 aliphatic rings. The van der Waals surface area contributed by atoms with Gasteiger partial charge in [-0.05, 0) is 19.1 Å². The van der Waals surface area contributed by atoms with Gasteiger partial charge in [-0.15, -0.1) is 0 Å². The van der Waals surface area contributed by atoms with E-state index in [9.17, 15) is 4.79 Å². The van der Waals surface area contributed by atoms with E-state index < -0.39 is 0 Å². The van der Waals surface area contributed by atoms with Crippen molar-refractivity contribution < 1.29 is 4.79 Å². The third kappa shape index (κ3) is 2.96. The van der Waals surface area contributed by atoms with Crippen molar-refractivity contribution in [1.82, 2.24) is 4.90 Å². The van der Waals surface area contributed by atoms with E-state index in [4.69, 9.17) is 28.9 Å². The highest BCUT2D eigenvalue weighted by atomic mass is 35.5. The summed E-state index contributed by atoms with van der Waals surface area (Å²) in [5.41, 5.74) is 6.50. The Labute approximate surface area is 127 Å². The van der Waals surface area contributed by atoms with Gasteiger partial charge in [0.25, 0.3) is 5.91 Å². The number of rotatable bonds is 1. The first-order valence-electron chi connectivity index (χ1n) is 6.09. The van der Waals surface area contributed by atoms with Gasteiger partial charge >= 0.3 is 0 Å². The molecule has 104 valence electrons. The van der Waals surface area contributed by atoms with Crippen LogP contribution in [0.3, 0.4) is 0 Å². The molecule has 1 saturated heterocycles. The molecular formula is C13H16Cl2N2OS. The van der Waals surface area contributed by atoms with Crippen LogP contribution in [-0.2, 0) is 0 Å². The van der Waals surface area contributed by atoms with E-state index in [1.165, 1.54) is 0 Å². The lowest BCUT2D eigenvalue weighted by molar-refractivity contribution is 0.0698. The van der Waals surface area contributed by atoms with Gasteiger partial charge in [0.15, 0.2) is 0 Å². The molecular weight excluding hydrogens is 303 g/mol. The number of anilines is 1. The van der Waals surface area contributed by atoms with Crippen molar-refractivity contribution in [2.75, 3.05) is 18.0 Å². The SMILES string of the molecule is CC1SCCN(C(=O)c2cc(Cl)c(N)c(Cl)c2)C1C. The maximum atomic E-state index is 12.5. The molecule has 0 radical (unpaired) electrons. The first-order chi connectivity index (χ1) is 8.91. The number of hydrogen-bond acceptors (Lipinski definition) is 3. The molecule has 1 aromatic carbocycles. The standard InChI is InChI=1S/C13H16Cl2N2OS/c1-7-8(2)19-4-3-17(7)13(18)9-5-10(14)12(16)11(15)6-9/h5-8H,3-4,16H2,1-2H3. The Hall–Kier alpha value is -0.580. The summed E-state index contributed by atoms with van der Waals surface area (Å²) >= 11 is 13.9. The van der Waals surface area contributed by atoms with E-state index in [2.05, 4.69) is 13.8 Å². The van der Waals surface area contributed by atoms with Crippen LogP contribution in [0.2, 0.25) is 10.0 Å². The third-order valence-corrected chi connectivity index (χ3v) is 5.43. The van der Waals surface area contributed by atoms with Crippen LogP contribution < -0.4 is 5.73 Å². The molecule has 3 nitrogen and oxygen atoms in total. The Kier molecular flexibility index (Phi) is 4.54. The van der Waals surface area contributed by atoms with Crippen molar-refractivity contribution >= 4 is 46.6 Å². The molecule has 0 aromatic heterocycles. The normalized spacial score (nSPS) is 23.5. The molecule has 19 heavy (non-hydrogen) atoms. The van der Waals surface area contributed by atoms with Crippen molar-refractivity contribution in [3.63, 3.8) is 0 Å². The number of thioether (sulfide) groups is 1. The second kappa shape index (κ2) is 5.81. The monoisotopic (exact) mass is 318 g/mol. The highest BCUT2D eigenvalue weighted by Gasteiger charge is 2.29. The second-order valence-corrected chi connectivity index (χ2v) is 6.97. The van der Waals surface area contributed by atoms with Gasteiger partial charge < -0.3 is 10.6 Å². The summed E-state index contributed by atoms with van der Waals surface area (Å²) in [5, 5.41) is 1.07. The smallest absolute Gasteiger partial charge is 0.254 e. The molecule has 2 atom stereocenters. The van der Waals surface area contributed by atoms with E-state index in [0.717, 1.165) is 12.3 Å². The van der Waals surface area contributed by atoms with Gasteiger partial charge in [-0.2, -0.15) is 11.8 Å². The largest absolute Gasteiger partial charge is 0.396 e. The van der Waals surface area contributed by atoms with Crippen molar-refractivity contribution in [1.29, 1.82) is 0 Å². The fraction of sp³-hybridized carbons (Fsp3) is 0.462. The van der Waals surface area contributed by atoms with Crippen LogP contribution in [0.5, 0.6) is 0 Å². The molecule has 2 N–H and O–H groups in total. The predicted molar refractivity (Wildman–Crippen MR) is 83.3 cm³/mol. The lowest BCUT2D eigenvalue weighted by Crippen LogP contribution is -2.47. The Bertz CT molecular complexity index is 486. The highest BCUT2D eigenvalue weighted by molar-refractivity contribution is 8.00. The van der Waals surface area contributed by atoms with Gasteiger partial charge in [0.2, 0.25) is 0 Å². The molecule has 0 bridgehead atoms. The minimum absolute atomic E-state index is 0.0385. The van der Waals surface area contributed by atoms with Gasteiger partial charge in [0.05, 0.1) is 15.7 Å². The summed E-state index contributed by atoms with van der Waals surface area (Å²) in [7, 11) is 0. The molecule has 1 fully saturated rings. The first-order valence-corrected chi connectivity index (χ1v) is 7.89. The molecule has 1 aliphatic heterocycles. The molecule has 1 heterocycles. The molecule has 1 amide bonds. The van der Waals surface area contributed by atoms with Gasteiger partial charge in [-0.1, -0.05) is 30.1 Å². The maximum absolute atomic E-state index is 12.5. The summed E-state index contributed by atoms with van der Waals surface area (Å²) < 4.78 is 0. The fourth-order valence-corrected chi connectivity index (χ4v) is 3.68. The molecule has 2 unspecified atom stereocenters. The van der Waals surface area contributed by atoms with Crippen molar-refractivity contribution in [3.05, 3.63) is 27.7 Å². The first kappa shape index (κ1) is 14.8. The van der Waals surface area contributed by atoms with Crippen LogP contribution in [0.25, 0.3) is 0 Å². The van der Waals surface area contributed by atoms with Crippen LogP contribution in [0.1, 0.15) is 24.2 Å². The lowest BCUT2D eigenvalue weighted by Gasteiger charge is -2.37. The topological polar surface area (TPSA) is 46.3 Å². The van der Waals surface area contributed by atoms with Gasteiger partial charge in [-0.25, -0.2) is 0 Å². The van der Waals surface area contributed by atoms with Gasteiger partial charge in [-0.3, -0.25) is 4.79 Å². The van der Waals surface area contributed by atoms with Crippen LogP contribution in [0, 0.1) is 0 Å². The Morgan fingerprint density at radius 1 is 1.37 bits per heavy atom. The Morgan fingerprint density at radius 3 is 2.53 bits per heavy atom. The van der Waals surface area contributed by atoms with E-state index in [1.54, 1.807) is 12.1 Å². The second-order valence-electron chi connectivity index (χ2n) is 4.67. The number of benzene rings is 1. The number of nitrogens with zero attached hydrogens (tertiary/aromatic N) is 1. The zero-order chi connectivity index (χ0) is 14.2. The minimum Gasteiger partial charge on any atom is -0.396 e. The number of nitrogen functional groups attached to an aromatic ring is 1. The molecule has 6 heteroatoms. The zero-order valence-electron chi connectivity index (χ0n) is 10.8. The van der Waals surface area contributed by atoms with Crippen LogP contribution in [-0.4, -0.2) is 34.4 Å². The zero-order valence-corrected chi connectivity index (χ0v) is 13.1. The van der Waals surface area contributed by atoms with E-state index >= 15 is 0 Å². The summed E-state index contributed by atoms with van der Waals surface area (Å²) in [6, 6.07) is 3.37. The average molecular weight is 319 g/mol. The summed E-state index contributed by atoms with van der Waals surface area (Å²) in [6.45, 7) is 4.95. The summed E-state index contributed by atoms with van der Waals surface area (Å²) in [6.07, 6.45) is 0. The third-order valence-electron chi connectivity index (χ3n) is 3.47. The molecule has 0 aliphatic carbocycles. The van der Waals surface area contributed by atoms with Gasteiger partial charge in [0.1, 0.15) is 0 Å². The molecule has 1 aromatic rings. The number of hydrogen-bond donors (Lipinski definition) is 1. The highest BCUT2D eigenvalue weighted by Crippen LogP contribution is 2.31. The number of amides is 1. The maximum Gasteiger partial charge on any atom is 0.254 e. The minimum atomic E-state index is -0.0385. The van der Waals surface area contributed by atoms with Crippen LogP contribution in [0.4, 0.5) is 5.69 Å². The fourth-order valence-electron chi connectivity index (χ4n) is 2.09. The Morgan fingerprint density at radius 2 is 1.95 bits per heavy atom. The van der Waals surface area contributed by atoms with E-state index in [1.807, 2.05) is 16.7 Å². The van der Waals surface area contributed by atoms with Gasteiger partial charge in [0, 0.05) is 29.2 Å². The number of carbonyl (C=O) groups is 1. The van der Waals surface area contributed by atoms with Crippen LogP contribution in [0.15, 0.2) is 12.1 Å².